The number of hydrogen-bond donors (Lipinski definition) is 2. The van der Waals surface area contributed by atoms with Crippen molar-refractivity contribution in [2.24, 2.45) is 0 Å². The Labute approximate surface area is 228 Å². The van der Waals surface area contributed by atoms with Gasteiger partial charge < -0.3 is 20.5 Å². The molecule has 3 N–H and O–H groups in total. The molecule has 4 heterocycles. The molecule has 9 nitrogen and oxygen atoms in total. The van der Waals surface area contributed by atoms with Crippen molar-refractivity contribution >= 4 is 22.5 Å². The Morgan fingerprint density at radius 1 is 1.15 bits per heavy atom. The van der Waals surface area contributed by atoms with E-state index in [-0.39, 0.29) is 6.04 Å². The van der Waals surface area contributed by atoms with Crippen LogP contribution in [-0.4, -0.2) is 62.7 Å². The Hall–Kier alpha value is -3.95. The van der Waals surface area contributed by atoms with Crippen LogP contribution >= 0.6 is 0 Å². The van der Waals surface area contributed by atoms with Crippen LogP contribution in [0.25, 0.3) is 22.3 Å². The Kier molecular flexibility index (Phi) is 6.93. The van der Waals surface area contributed by atoms with E-state index in [9.17, 15) is 5.11 Å². The number of nitrogen functional groups attached to an aromatic ring is 1. The number of piperidine rings is 1. The molecule has 1 fully saturated rings. The molecule has 39 heavy (non-hydrogen) atoms. The van der Waals surface area contributed by atoms with Crippen LogP contribution in [0.1, 0.15) is 36.4 Å². The molecule has 4 aromatic rings. The number of aromatic nitrogens is 4. The highest BCUT2D eigenvalue weighted by molar-refractivity contribution is 5.98. The summed E-state index contributed by atoms with van der Waals surface area (Å²) in [6.07, 6.45) is 6.49. The summed E-state index contributed by atoms with van der Waals surface area (Å²) < 4.78 is 7.40. The molecule has 6 rings (SSSR count). The van der Waals surface area contributed by atoms with Crippen molar-refractivity contribution < 1.29 is 9.84 Å². The van der Waals surface area contributed by atoms with Crippen LogP contribution in [0, 0.1) is 0 Å². The number of aliphatic hydroxyl groups excluding tert-OH is 1. The number of ether oxygens (including phenoxy) is 1. The van der Waals surface area contributed by atoms with Crippen molar-refractivity contribution in [3.63, 3.8) is 0 Å². The number of nitrogens with two attached hydrogens (primary N) is 1. The van der Waals surface area contributed by atoms with Crippen LogP contribution < -0.4 is 15.4 Å². The molecule has 2 aromatic heterocycles. The van der Waals surface area contributed by atoms with Crippen LogP contribution in [0.2, 0.25) is 0 Å². The van der Waals surface area contributed by atoms with Gasteiger partial charge in [0.15, 0.2) is 5.65 Å². The van der Waals surface area contributed by atoms with Crippen LogP contribution in [0.4, 0.5) is 11.5 Å². The highest BCUT2D eigenvalue weighted by Gasteiger charge is 2.28. The predicted octanol–water partition coefficient (Wildman–Crippen LogP) is 4.18. The minimum Gasteiger partial charge on any atom is -0.497 e. The maximum absolute atomic E-state index is 10.3. The van der Waals surface area contributed by atoms with Crippen LogP contribution in [-0.2, 0) is 13.0 Å². The van der Waals surface area contributed by atoms with Gasteiger partial charge in [0.05, 0.1) is 18.5 Å². The van der Waals surface area contributed by atoms with E-state index in [4.69, 9.17) is 15.6 Å². The number of aliphatic hydroxyl groups is 1. The SMILES string of the molecule is C=CC(O)N1CCCC(n2nc(-c3ccc(CN4CCCc5cc(OC)ccc54)cc3)c3c(N)ncnc32)C1. The first-order chi connectivity index (χ1) is 19.1. The molecular weight excluding hydrogens is 490 g/mol. The first-order valence-corrected chi connectivity index (χ1v) is 13.6. The molecule has 0 saturated carbocycles. The molecule has 2 atom stereocenters. The Morgan fingerprint density at radius 3 is 2.79 bits per heavy atom. The van der Waals surface area contributed by atoms with E-state index in [0.717, 1.165) is 73.4 Å². The summed E-state index contributed by atoms with van der Waals surface area (Å²) in [7, 11) is 1.72. The second-order valence-electron chi connectivity index (χ2n) is 10.4. The van der Waals surface area contributed by atoms with Gasteiger partial charge in [-0.1, -0.05) is 30.8 Å². The number of hydrogen-bond acceptors (Lipinski definition) is 8. The molecule has 2 aromatic carbocycles. The summed E-state index contributed by atoms with van der Waals surface area (Å²) >= 11 is 0. The summed E-state index contributed by atoms with van der Waals surface area (Å²) in [6.45, 7) is 7.09. The number of rotatable bonds is 7. The average molecular weight is 526 g/mol. The molecule has 0 radical (unpaired) electrons. The van der Waals surface area contributed by atoms with E-state index in [1.807, 2.05) is 15.6 Å². The Bertz CT molecular complexity index is 1480. The first kappa shape index (κ1) is 25.3. The number of methoxy groups -OCH3 is 1. The summed E-state index contributed by atoms with van der Waals surface area (Å²) in [4.78, 5) is 13.3. The van der Waals surface area contributed by atoms with Crippen LogP contribution in [0.3, 0.4) is 0 Å². The molecule has 0 spiro atoms. The zero-order valence-electron chi connectivity index (χ0n) is 22.3. The van der Waals surface area contributed by atoms with Crippen LogP contribution in [0.5, 0.6) is 5.75 Å². The molecule has 202 valence electrons. The van der Waals surface area contributed by atoms with Gasteiger partial charge in [0.1, 0.15) is 29.8 Å². The minimum atomic E-state index is -0.671. The molecule has 0 amide bonds. The summed E-state index contributed by atoms with van der Waals surface area (Å²) in [6, 6.07) is 15.0. The molecule has 2 aliphatic rings. The first-order valence-electron chi connectivity index (χ1n) is 13.6. The van der Waals surface area contributed by atoms with Crippen LogP contribution in [0.15, 0.2) is 61.4 Å². The number of benzene rings is 2. The van der Waals surface area contributed by atoms with E-state index >= 15 is 0 Å². The third kappa shape index (κ3) is 4.84. The van der Waals surface area contributed by atoms with Gasteiger partial charge in [0, 0.05) is 37.4 Å². The van der Waals surface area contributed by atoms with Crippen molar-refractivity contribution in [2.45, 2.75) is 44.5 Å². The van der Waals surface area contributed by atoms with E-state index in [1.54, 1.807) is 13.2 Å². The van der Waals surface area contributed by atoms with Crippen molar-refractivity contribution in [3.05, 3.63) is 72.6 Å². The molecule has 1 saturated heterocycles. The lowest BCUT2D eigenvalue weighted by atomic mass is 10.00. The van der Waals surface area contributed by atoms with Gasteiger partial charge in [-0.25, -0.2) is 14.6 Å². The second kappa shape index (κ2) is 10.7. The van der Waals surface area contributed by atoms with Gasteiger partial charge in [0.2, 0.25) is 0 Å². The van der Waals surface area contributed by atoms with Crippen molar-refractivity contribution in [2.75, 3.05) is 37.4 Å². The van der Waals surface area contributed by atoms with Gasteiger partial charge in [-0.2, -0.15) is 5.10 Å². The lowest BCUT2D eigenvalue weighted by molar-refractivity contribution is 0.0127. The quantitative estimate of drug-likeness (QED) is 0.346. The molecule has 2 unspecified atom stereocenters. The molecule has 0 bridgehead atoms. The normalized spacial score (nSPS) is 18.6. The van der Waals surface area contributed by atoms with E-state index < -0.39 is 6.23 Å². The van der Waals surface area contributed by atoms with Gasteiger partial charge in [0.25, 0.3) is 0 Å². The maximum Gasteiger partial charge on any atom is 0.164 e. The molecular formula is C30H35N7O2. The van der Waals surface area contributed by atoms with E-state index in [0.29, 0.717) is 12.4 Å². The fourth-order valence-electron chi connectivity index (χ4n) is 5.96. The summed E-state index contributed by atoms with van der Waals surface area (Å²) in [5, 5.41) is 16.1. The van der Waals surface area contributed by atoms with E-state index in [1.165, 1.54) is 23.1 Å². The summed E-state index contributed by atoms with van der Waals surface area (Å²) in [5.74, 6) is 1.33. The summed E-state index contributed by atoms with van der Waals surface area (Å²) in [5.41, 5.74) is 12.7. The second-order valence-corrected chi connectivity index (χ2v) is 10.4. The topological polar surface area (TPSA) is 106 Å². The number of likely N-dealkylation sites (tertiary alicyclic amines) is 1. The van der Waals surface area contributed by atoms with Crippen molar-refractivity contribution in [3.8, 4) is 17.0 Å². The fourth-order valence-corrected chi connectivity index (χ4v) is 5.96. The number of aryl methyl sites for hydroxylation is 1. The maximum atomic E-state index is 10.3. The standard InChI is InChI=1S/C30H35N7O2/c1-3-26(38)36-15-5-7-23(18-36)37-30-27(29(31)32-19-33-30)28(34-37)21-10-8-20(9-11-21)17-35-14-4-6-22-16-24(39-2)12-13-25(22)35/h3,8-13,16,19,23,26,38H,1,4-7,14-15,17-18H2,2H3,(H2,31,32,33). The smallest absolute Gasteiger partial charge is 0.164 e. The fraction of sp³-hybridized carbons (Fsp3) is 0.367. The average Bonchev–Trinajstić information content (AvgIpc) is 3.38. The highest BCUT2D eigenvalue weighted by Crippen LogP contribution is 2.35. The predicted molar refractivity (Wildman–Crippen MR) is 154 cm³/mol. The monoisotopic (exact) mass is 525 g/mol. The largest absolute Gasteiger partial charge is 0.497 e. The zero-order valence-corrected chi connectivity index (χ0v) is 22.3. The number of anilines is 2. The van der Waals surface area contributed by atoms with Crippen molar-refractivity contribution in [1.29, 1.82) is 0 Å². The minimum absolute atomic E-state index is 0.0657. The molecule has 0 aliphatic carbocycles. The third-order valence-corrected chi connectivity index (χ3v) is 7.98. The number of nitrogens with zero attached hydrogens (tertiary/aromatic N) is 6. The third-order valence-electron chi connectivity index (χ3n) is 7.98. The zero-order chi connectivity index (χ0) is 26.9. The van der Waals surface area contributed by atoms with Crippen molar-refractivity contribution in [1.82, 2.24) is 24.6 Å². The molecule has 2 aliphatic heterocycles. The Morgan fingerprint density at radius 2 is 2.00 bits per heavy atom. The van der Waals surface area contributed by atoms with Gasteiger partial charge >= 0.3 is 0 Å². The van der Waals surface area contributed by atoms with E-state index in [2.05, 4.69) is 57.8 Å². The van der Waals surface area contributed by atoms with Gasteiger partial charge in [-0.05, 0) is 61.1 Å². The molecule has 9 heteroatoms. The number of fused-ring (bicyclic) bond motifs is 2. The lowest BCUT2D eigenvalue weighted by Gasteiger charge is -2.34. The van der Waals surface area contributed by atoms with Gasteiger partial charge in [-0.3, -0.25) is 4.90 Å². The Balaban J connectivity index is 1.28. The van der Waals surface area contributed by atoms with Gasteiger partial charge in [-0.15, -0.1) is 0 Å². The highest BCUT2D eigenvalue weighted by atomic mass is 16.5. The lowest BCUT2D eigenvalue weighted by Crippen LogP contribution is -2.42.